The molecule has 0 heterocycles. The van der Waals surface area contributed by atoms with Crippen LogP contribution in [0.25, 0.3) is 0 Å². The second-order valence-corrected chi connectivity index (χ2v) is 5.76. The highest BCUT2D eigenvalue weighted by Crippen LogP contribution is 2.19. The van der Waals surface area contributed by atoms with E-state index in [1.807, 2.05) is 43.3 Å². The van der Waals surface area contributed by atoms with E-state index in [2.05, 4.69) is 12.1 Å². The third-order valence-electron chi connectivity index (χ3n) is 3.89. The molecule has 25 heavy (non-hydrogen) atoms. The van der Waals surface area contributed by atoms with Crippen molar-refractivity contribution >= 4 is 5.97 Å². The van der Waals surface area contributed by atoms with E-state index in [0.29, 0.717) is 17.9 Å². The van der Waals surface area contributed by atoms with Crippen molar-refractivity contribution in [2.45, 2.75) is 13.3 Å². The Balaban J connectivity index is 1.54. The normalized spacial score (nSPS) is 10.3. The van der Waals surface area contributed by atoms with Crippen molar-refractivity contribution in [2.75, 3.05) is 6.61 Å². The first-order valence-electron chi connectivity index (χ1n) is 8.27. The number of hydrogen-bond acceptors (Lipinski definition) is 3. The molecular weight excluding hydrogens is 312 g/mol. The number of carbonyl (C=O) groups is 1. The molecule has 0 aliphatic heterocycles. The molecule has 3 rings (SSSR count). The molecule has 0 amide bonds. The Kier molecular flexibility index (Phi) is 5.47. The summed E-state index contributed by atoms with van der Waals surface area (Å²) < 4.78 is 11.2. The highest BCUT2D eigenvalue weighted by molar-refractivity contribution is 5.91. The standard InChI is InChI=1S/C22H20O3/c1-17-7-5-6-10-21(17)25-22(23)19-11-13-20(14-12-19)24-16-15-18-8-3-2-4-9-18/h2-14H,15-16H2,1H3. The largest absolute Gasteiger partial charge is 0.493 e. The van der Waals surface area contributed by atoms with E-state index >= 15 is 0 Å². The topological polar surface area (TPSA) is 35.5 Å². The Morgan fingerprint density at radius 2 is 1.52 bits per heavy atom. The fraction of sp³-hybridized carbons (Fsp3) is 0.136. The molecule has 0 bridgehead atoms. The molecule has 0 saturated heterocycles. The first-order chi connectivity index (χ1) is 12.2. The second-order valence-electron chi connectivity index (χ2n) is 5.76. The summed E-state index contributed by atoms with van der Waals surface area (Å²) in [6.07, 6.45) is 0.845. The van der Waals surface area contributed by atoms with Crippen molar-refractivity contribution in [3.63, 3.8) is 0 Å². The van der Waals surface area contributed by atoms with Gasteiger partial charge in [-0.15, -0.1) is 0 Å². The fourth-order valence-corrected chi connectivity index (χ4v) is 2.45. The second kappa shape index (κ2) is 8.15. The van der Waals surface area contributed by atoms with Crippen LogP contribution in [-0.2, 0) is 6.42 Å². The van der Waals surface area contributed by atoms with Crippen molar-refractivity contribution in [1.29, 1.82) is 0 Å². The first-order valence-corrected chi connectivity index (χ1v) is 8.27. The van der Waals surface area contributed by atoms with Crippen LogP contribution in [0.5, 0.6) is 11.5 Å². The lowest BCUT2D eigenvalue weighted by molar-refractivity contribution is 0.0733. The average molecular weight is 332 g/mol. The highest BCUT2D eigenvalue weighted by atomic mass is 16.5. The number of carbonyl (C=O) groups excluding carboxylic acids is 1. The molecule has 0 N–H and O–H groups in total. The Labute approximate surface area is 147 Å². The Morgan fingerprint density at radius 1 is 0.840 bits per heavy atom. The summed E-state index contributed by atoms with van der Waals surface area (Å²) in [7, 11) is 0. The zero-order valence-electron chi connectivity index (χ0n) is 14.1. The lowest BCUT2D eigenvalue weighted by atomic mass is 10.2. The van der Waals surface area contributed by atoms with Crippen LogP contribution < -0.4 is 9.47 Å². The quantitative estimate of drug-likeness (QED) is 0.479. The number of esters is 1. The summed E-state index contributed by atoms with van der Waals surface area (Å²) >= 11 is 0. The molecule has 0 saturated carbocycles. The minimum Gasteiger partial charge on any atom is -0.493 e. The molecule has 0 spiro atoms. The molecule has 0 unspecified atom stereocenters. The lowest BCUT2D eigenvalue weighted by Gasteiger charge is -2.09. The van der Waals surface area contributed by atoms with E-state index in [1.54, 1.807) is 30.3 Å². The minimum absolute atomic E-state index is 0.370. The number of rotatable bonds is 6. The first kappa shape index (κ1) is 16.8. The van der Waals surface area contributed by atoms with Crippen LogP contribution in [0.1, 0.15) is 21.5 Å². The maximum absolute atomic E-state index is 12.2. The van der Waals surface area contributed by atoms with E-state index in [0.717, 1.165) is 17.7 Å². The van der Waals surface area contributed by atoms with Gasteiger partial charge in [0.25, 0.3) is 0 Å². The van der Waals surface area contributed by atoms with E-state index in [-0.39, 0.29) is 5.97 Å². The Morgan fingerprint density at radius 3 is 2.24 bits per heavy atom. The molecule has 0 atom stereocenters. The summed E-state index contributed by atoms with van der Waals surface area (Å²) in [5, 5.41) is 0. The van der Waals surface area contributed by atoms with Crippen molar-refractivity contribution in [3.05, 3.63) is 95.6 Å². The minimum atomic E-state index is -0.370. The van der Waals surface area contributed by atoms with Gasteiger partial charge in [0, 0.05) is 6.42 Å². The van der Waals surface area contributed by atoms with Gasteiger partial charge in [-0.3, -0.25) is 0 Å². The molecule has 3 aromatic rings. The number of ether oxygens (including phenoxy) is 2. The lowest BCUT2D eigenvalue weighted by Crippen LogP contribution is -2.09. The van der Waals surface area contributed by atoms with Crippen LogP contribution in [0, 0.1) is 6.92 Å². The maximum atomic E-state index is 12.2. The zero-order chi connectivity index (χ0) is 17.5. The van der Waals surface area contributed by atoms with Crippen molar-refractivity contribution in [1.82, 2.24) is 0 Å². The van der Waals surface area contributed by atoms with Crippen LogP contribution in [0.15, 0.2) is 78.9 Å². The van der Waals surface area contributed by atoms with Gasteiger partial charge in [-0.1, -0.05) is 48.5 Å². The van der Waals surface area contributed by atoms with Gasteiger partial charge in [-0.2, -0.15) is 0 Å². The third kappa shape index (κ3) is 4.70. The molecule has 3 heteroatoms. The van der Waals surface area contributed by atoms with Gasteiger partial charge in [0.1, 0.15) is 11.5 Å². The summed E-state index contributed by atoms with van der Waals surface area (Å²) in [4.78, 5) is 12.2. The summed E-state index contributed by atoms with van der Waals surface area (Å²) in [6.45, 7) is 2.50. The molecule has 0 aliphatic carbocycles. The molecule has 0 aromatic heterocycles. The molecular formula is C22H20O3. The van der Waals surface area contributed by atoms with Crippen LogP contribution >= 0.6 is 0 Å². The molecule has 3 aromatic carbocycles. The predicted octanol–water partition coefficient (Wildman–Crippen LogP) is 4.84. The summed E-state index contributed by atoms with van der Waals surface area (Å²) in [6, 6.07) is 24.7. The van der Waals surface area contributed by atoms with Gasteiger partial charge < -0.3 is 9.47 Å². The van der Waals surface area contributed by atoms with Crippen LogP contribution in [-0.4, -0.2) is 12.6 Å². The Hall–Kier alpha value is -3.07. The van der Waals surface area contributed by atoms with Crippen molar-refractivity contribution in [3.8, 4) is 11.5 Å². The van der Waals surface area contributed by atoms with E-state index in [4.69, 9.17) is 9.47 Å². The molecule has 126 valence electrons. The smallest absolute Gasteiger partial charge is 0.343 e. The number of para-hydroxylation sites is 1. The van der Waals surface area contributed by atoms with Crippen LogP contribution in [0.2, 0.25) is 0 Å². The van der Waals surface area contributed by atoms with E-state index < -0.39 is 0 Å². The van der Waals surface area contributed by atoms with Gasteiger partial charge in [0.15, 0.2) is 0 Å². The average Bonchev–Trinajstić information content (AvgIpc) is 2.65. The Bertz CT molecular complexity index is 823. The van der Waals surface area contributed by atoms with Crippen LogP contribution in [0.3, 0.4) is 0 Å². The molecule has 3 nitrogen and oxygen atoms in total. The maximum Gasteiger partial charge on any atom is 0.343 e. The van der Waals surface area contributed by atoms with Gasteiger partial charge in [0.2, 0.25) is 0 Å². The number of aryl methyl sites for hydroxylation is 1. The SMILES string of the molecule is Cc1ccccc1OC(=O)c1ccc(OCCc2ccccc2)cc1. The third-order valence-corrected chi connectivity index (χ3v) is 3.89. The van der Waals surface area contributed by atoms with Crippen molar-refractivity contribution < 1.29 is 14.3 Å². The molecule has 0 radical (unpaired) electrons. The van der Waals surface area contributed by atoms with Crippen LogP contribution in [0.4, 0.5) is 0 Å². The number of benzene rings is 3. The van der Waals surface area contributed by atoms with Crippen molar-refractivity contribution in [2.24, 2.45) is 0 Å². The molecule has 0 aliphatic rings. The summed E-state index contributed by atoms with van der Waals surface area (Å²) in [5.74, 6) is 0.948. The van der Waals surface area contributed by atoms with E-state index in [1.165, 1.54) is 5.56 Å². The van der Waals surface area contributed by atoms with Gasteiger partial charge in [-0.25, -0.2) is 4.79 Å². The summed E-state index contributed by atoms with van der Waals surface area (Å²) in [5.41, 5.74) is 2.66. The highest BCUT2D eigenvalue weighted by Gasteiger charge is 2.10. The number of hydrogen-bond donors (Lipinski definition) is 0. The van der Waals surface area contributed by atoms with E-state index in [9.17, 15) is 4.79 Å². The zero-order valence-corrected chi connectivity index (χ0v) is 14.1. The van der Waals surface area contributed by atoms with Gasteiger partial charge >= 0.3 is 5.97 Å². The molecule has 0 fully saturated rings. The fourth-order valence-electron chi connectivity index (χ4n) is 2.45. The van der Waals surface area contributed by atoms with Gasteiger partial charge in [-0.05, 0) is 48.4 Å². The predicted molar refractivity (Wildman–Crippen MR) is 98.2 cm³/mol. The monoisotopic (exact) mass is 332 g/mol. The van der Waals surface area contributed by atoms with Gasteiger partial charge in [0.05, 0.1) is 12.2 Å².